The van der Waals surface area contributed by atoms with E-state index in [4.69, 9.17) is 4.74 Å². The van der Waals surface area contributed by atoms with E-state index in [0.29, 0.717) is 12.0 Å². The highest BCUT2D eigenvalue weighted by molar-refractivity contribution is 5.70. The van der Waals surface area contributed by atoms with Crippen molar-refractivity contribution >= 4 is 11.8 Å². The molecule has 0 aromatic heterocycles. The number of halogens is 2. The molecule has 0 saturated heterocycles. The summed E-state index contributed by atoms with van der Waals surface area (Å²) in [6, 6.07) is 11.2. The minimum atomic E-state index is -2.90. The number of nitro benzene ring substituents is 1. The van der Waals surface area contributed by atoms with Gasteiger partial charge in [-0.15, -0.1) is 0 Å². The number of nitro groups is 1. The monoisotopic (exact) mass is 352 g/mol. The second kappa shape index (κ2) is 8.57. The lowest BCUT2D eigenvalue weighted by Crippen LogP contribution is -2.28. The van der Waals surface area contributed by atoms with Gasteiger partial charge in [0.2, 0.25) is 0 Å². The van der Waals surface area contributed by atoms with Gasteiger partial charge in [0.25, 0.3) is 5.69 Å². The quantitative estimate of drug-likeness (QED) is 0.608. The van der Waals surface area contributed by atoms with Gasteiger partial charge in [-0.25, -0.2) is 4.79 Å². The first-order valence-electron chi connectivity index (χ1n) is 7.18. The van der Waals surface area contributed by atoms with E-state index in [-0.39, 0.29) is 23.7 Å². The van der Waals surface area contributed by atoms with Gasteiger partial charge >= 0.3 is 12.7 Å². The fraction of sp³-hybridized carbons (Fsp3) is 0.188. The van der Waals surface area contributed by atoms with E-state index < -0.39 is 17.6 Å². The molecule has 25 heavy (non-hydrogen) atoms. The number of ether oxygens (including phenoxy) is 2. The Balaban J connectivity index is 1.79. The molecule has 0 radical (unpaired) electrons. The van der Waals surface area contributed by atoms with Crippen molar-refractivity contribution in [3.63, 3.8) is 0 Å². The Morgan fingerprint density at radius 1 is 1.16 bits per heavy atom. The second-order valence-electron chi connectivity index (χ2n) is 4.84. The van der Waals surface area contributed by atoms with Gasteiger partial charge in [0.15, 0.2) is 0 Å². The number of hydrogen-bond acceptors (Lipinski definition) is 5. The molecule has 2 rings (SSSR count). The molecule has 1 N–H and O–H groups in total. The molecule has 0 aliphatic rings. The van der Waals surface area contributed by atoms with Crippen LogP contribution in [0.15, 0.2) is 48.5 Å². The van der Waals surface area contributed by atoms with E-state index in [9.17, 15) is 23.7 Å². The number of hydrogen-bond donors (Lipinski definition) is 1. The predicted octanol–water partition coefficient (Wildman–Crippen LogP) is 3.53. The van der Waals surface area contributed by atoms with E-state index in [1.54, 1.807) is 12.1 Å². The smallest absolute Gasteiger partial charge is 0.412 e. The van der Waals surface area contributed by atoms with Crippen LogP contribution in [0.3, 0.4) is 0 Å². The molecule has 0 spiro atoms. The summed E-state index contributed by atoms with van der Waals surface area (Å²) >= 11 is 0. The Bertz CT molecular complexity index is 738. The zero-order valence-electron chi connectivity index (χ0n) is 12.9. The Labute approximate surface area is 141 Å². The van der Waals surface area contributed by atoms with E-state index in [1.165, 1.54) is 36.4 Å². The first-order chi connectivity index (χ1) is 11.9. The third kappa shape index (κ3) is 6.05. The molecule has 0 fully saturated rings. The number of alkyl halides is 2. The van der Waals surface area contributed by atoms with Crippen LogP contribution < -0.4 is 14.8 Å². The number of benzene rings is 2. The summed E-state index contributed by atoms with van der Waals surface area (Å²) in [4.78, 5) is 21.6. The summed E-state index contributed by atoms with van der Waals surface area (Å²) in [6.07, 6.45) is -0.343. The van der Waals surface area contributed by atoms with Gasteiger partial charge in [-0.05, 0) is 36.2 Å². The van der Waals surface area contributed by atoms with Crippen molar-refractivity contribution < 1.29 is 28.0 Å². The molecule has 0 aliphatic carbocycles. The number of nitrogens with zero attached hydrogens (tertiary/aromatic N) is 1. The molecule has 9 heteroatoms. The van der Waals surface area contributed by atoms with Crippen LogP contribution in [0.1, 0.15) is 5.56 Å². The van der Waals surface area contributed by atoms with Crippen molar-refractivity contribution in [1.82, 2.24) is 5.32 Å². The van der Waals surface area contributed by atoms with Crippen molar-refractivity contribution in [1.29, 1.82) is 0 Å². The molecule has 0 unspecified atom stereocenters. The second-order valence-corrected chi connectivity index (χ2v) is 4.84. The van der Waals surface area contributed by atoms with Crippen molar-refractivity contribution in [3.8, 4) is 11.5 Å². The highest BCUT2D eigenvalue weighted by Crippen LogP contribution is 2.18. The van der Waals surface area contributed by atoms with Gasteiger partial charge in [-0.3, -0.25) is 10.1 Å². The van der Waals surface area contributed by atoms with E-state index >= 15 is 0 Å². The van der Waals surface area contributed by atoms with Crippen LogP contribution in [0.25, 0.3) is 0 Å². The van der Waals surface area contributed by atoms with Gasteiger partial charge in [-0.2, -0.15) is 8.78 Å². The standard InChI is InChI=1S/C16H14F2N2O5/c17-15(18)24-14-3-1-2-11(10-14)8-9-19-16(21)25-13-6-4-12(5-7-13)20(22)23/h1-7,10,15H,8-9H2,(H,19,21). The third-order valence-electron chi connectivity index (χ3n) is 3.06. The van der Waals surface area contributed by atoms with E-state index in [1.807, 2.05) is 0 Å². The maximum atomic E-state index is 12.2. The maximum absolute atomic E-state index is 12.2. The lowest BCUT2D eigenvalue weighted by Gasteiger charge is -2.08. The first-order valence-corrected chi connectivity index (χ1v) is 7.18. The molecular weight excluding hydrogens is 338 g/mol. The summed E-state index contributed by atoms with van der Waals surface area (Å²) < 4.78 is 33.6. The number of nitrogens with one attached hydrogen (secondary N) is 1. The summed E-state index contributed by atoms with van der Waals surface area (Å²) in [5, 5.41) is 13.0. The fourth-order valence-corrected chi connectivity index (χ4v) is 1.97. The molecule has 1 amide bonds. The van der Waals surface area contributed by atoms with Crippen LogP contribution in [0, 0.1) is 10.1 Å². The van der Waals surface area contributed by atoms with Crippen molar-refractivity contribution in [2.75, 3.05) is 6.54 Å². The predicted molar refractivity (Wildman–Crippen MR) is 83.9 cm³/mol. The number of non-ortho nitro benzene ring substituents is 1. The molecular formula is C16H14F2N2O5. The summed E-state index contributed by atoms with van der Waals surface area (Å²) in [5.41, 5.74) is 0.590. The van der Waals surface area contributed by atoms with Crippen LogP contribution in [0.2, 0.25) is 0 Å². The summed E-state index contributed by atoms with van der Waals surface area (Å²) in [7, 11) is 0. The van der Waals surface area contributed by atoms with Crippen molar-refractivity contribution in [3.05, 3.63) is 64.2 Å². The average Bonchev–Trinajstić information content (AvgIpc) is 2.55. The average molecular weight is 352 g/mol. The maximum Gasteiger partial charge on any atom is 0.412 e. The topological polar surface area (TPSA) is 90.7 Å². The van der Waals surface area contributed by atoms with Gasteiger partial charge in [0.05, 0.1) is 4.92 Å². The molecule has 0 saturated carbocycles. The van der Waals surface area contributed by atoms with E-state index in [2.05, 4.69) is 10.1 Å². The van der Waals surface area contributed by atoms with Crippen LogP contribution in [-0.2, 0) is 6.42 Å². The van der Waals surface area contributed by atoms with Crippen LogP contribution >= 0.6 is 0 Å². The lowest BCUT2D eigenvalue weighted by molar-refractivity contribution is -0.384. The third-order valence-corrected chi connectivity index (χ3v) is 3.06. The summed E-state index contributed by atoms with van der Waals surface area (Å²) in [5.74, 6) is 0.205. The first kappa shape index (κ1) is 18.1. The number of rotatable bonds is 7. The molecule has 2 aromatic carbocycles. The van der Waals surface area contributed by atoms with Crippen molar-refractivity contribution in [2.24, 2.45) is 0 Å². The molecule has 0 aliphatic heterocycles. The van der Waals surface area contributed by atoms with Crippen molar-refractivity contribution in [2.45, 2.75) is 13.0 Å². The van der Waals surface area contributed by atoms with Gasteiger partial charge in [-0.1, -0.05) is 12.1 Å². The minimum Gasteiger partial charge on any atom is -0.435 e. The Morgan fingerprint density at radius 2 is 1.88 bits per heavy atom. The SMILES string of the molecule is O=C(NCCc1cccc(OC(F)F)c1)Oc1ccc([N+](=O)[O-])cc1. The Kier molecular flexibility index (Phi) is 6.21. The summed E-state index contributed by atoms with van der Waals surface area (Å²) in [6.45, 7) is -2.69. The Hall–Kier alpha value is -3.23. The molecule has 0 heterocycles. The fourth-order valence-electron chi connectivity index (χ4n) is 1.97. The molecule has 132 valence electrons. The highest BCUT2D eigenvalue weighted by Gasteiger charge is 2.08. The Morgan fingerprint density at radius 3 is 2.52 bits per heavy atom. The van der Waals surface area contributed by atoms with Gasteiger partial charge in [0.1, 0.15) is 11.5 Å². The zero-order chi connectivity index (χ0) is 18.2. The zero-order valence-corrected chi connectivity index (χ0v) is 12.9. The largest absolute Gasteiger partial charge is 0.435 e. The number of amides is 1. The van der Waals surface area contributed by atoms with Crippen LogP contribution in [0.4, 0.5) is 19.3 Å². The van der Waals surface area contributed by atoms with E-state index in [0.717, 1.165) is 0 Å². The molecule has 0 atom stereocenters. The molecule has 0 bridgehead atoms. The molecule has 7 nitrogen and oxygen atoms in total. The minimum absolute atomic E-state index is 0.0426. The number of carbonyl (C=O) groups is 1. The van der Waals surface area contributed by atoms with Gasteiger partial charge < -0.3 is 14.8 Å². The lowest BCUT2D eigenvalue weighted by atomic mass is 10.1. The highest BCUT2D eigenvalue weighted by atomic mass is 19.3. The molecule has 2 aromatic rings. The number of carbonyl (C=O) groups excluding carboxylic acids is 1. The van der Waals surface area contributed by atoms with Crippen LogP contribution in [-0.4, -0.2) is 24.2 Å². The van der Waals surface area contributed by atoms with Crippen LogP contribution in [0.5, 0.6) is 11.5 Å². The van der Waals surface area contributed by atoms with Gasteiger partial charge in [0, 0.05) is 18.7 Å². The normalized spacial score (nSPS) is 10.4.